The first kappa shape index (κ1) is 21.3. The minimum atomic E-state index is -0.673. The van der Waals surface area contributed by atoms with E-state index in [0.717, 1.165) is 23.1 Å². The van der Waals surface area contributed by atoms with Crippen molar-refractivity contribution in [2.24, 2.45) is 5.41 Å². The maximum atomic E-state index is 13.1. The van der Waals surface area contributed by atoms with Crippen molar-refractivity contribution >= 4 is 29.2 Å². The Morgan fingerprint density at radius 3 is 2.60 bits per heavy atom. The van der Waals surface area contributed by atoms with E-state index >= 15 is 0 Å². The Bertz CT molecular complexity index is 1400. The van der Waals surface area contributed by atoms with Crippen LogP contribution in [0.4, 0.5) is 0 Å². The second kappa shape index (κ2) is 7.64. The summed E-state index contributed by atoms with van der Waals surface area (Å²) in [5.74, 6) is -1.10. The predicted molar refractivity (Wildman–Crippen MR) is 125 cm³/mol. The molecule has 6 rings (SSSR count). The van der Waals surface area contributed by atoms with Crippen molar-refractivity contribution in [2.45, 2.75) is 31.8 Å². The van der Waals surface area contributed by atoms with Gasteiger partial charge in [0.2, 0.25) is 11.8 Å². The zero-order chi connectivity index (χ0) is 24.3. The lowest BCUT2D eigenvalue weighted by Crippen LogP contribution is -2.60. The molecule has 2 fully saturated rings. The summed E-state index contributed by atoms with van der Waals surface area (Å²) in [4.78, 5) is 53.0. The van der Waals surface area contributed by atoms with Gasteiger partial charge in [-0.25, -0.2) is 0 Å². The Hall–Kier alpha value is -4.25. The third-order valence-electron chi connectivity index (χ3n) is 7.49. The fourth-order valence-corrected chi connectivity index (χ4v) is 5.70. The molecule has 174 valence electrons. The first-order chi connectivity index (χ1) is 16.9. The van der Waals surface area contributed by atoms with Gasteiger partial charge in [0.25, 0.3) is 11.8 Å². The third-order valence-corrected chi connectivity index (χ3v) is 7.49. The van der Waals surface area contributed by atoms with Crippen molar-refractivity contribution < 1.29 is 19.2 Å². The van der Waals surface area contributed by atoms with E-state index in [9.17, 15) is 24.4 Å². The number of hydrogen-bond donors (Lipinski definition) is 1. The van der Waals surface area contributed by atoms with Crippen LogP contribution in [0, 0.1) is 16.7 Å². The van der Waals surface area contributed by atoms with Gasteiger partial charge in [0.05, 0.1) is 11.6 Å². The molecule has 0 saturated carbocycles. The monoisotopic (exact) mass is 466 g/mol. The Labute approximate surface area is 201 Å². The molecule has 0 aromatic heterocycles. The molecule has 3 aliphatic heterocycles. The number of rotatable bonds is 3. The summed E-state index contributed by atoms with van der Waals surface area (Å²) >= 11 is 0. The number of allylic oxidation sites excluding steroid dienone is 1. The fourth-order valence-electron chi connectivity index (χ4n) is 5.70. The van der Waals surface area contributed by atoms with Gasteiger partial charge in [0.1, 0.15) is 6.04 Å². The Balaban J connectivity index is 1.13. The maximum Gasteiger partial charge on any atom is 0.255 e. The van der Waals surface area contributed by atoms with Crippen LogP contribution < -0.4 is 5.32 Å². The van der Waals surface area contributed by atoms with Crippen LogP contribution in [0.15, 0.2) is 48.5 Å². The summed E-state index contributed by atoms with van der Waals surface area (Å²) in [5, 5.41) is 11.6. The number of hydrogen-bond acceptors (Lipinski definition) is 5. The van der Waals surface area contributed by atoms with Gasteiger partial charge in [-0.05, 0) is 53.8 Å². The zero-order valence-corrected chi connectivity index (χ0v) is 18.9. The van der Waals surface area contributed by atoms with Gasteiger partial charge in [-0.2, -0.15) is 5.26 Å². The minimum absolute atomic E-state index is 0.0250. The Morgan fingerprint density at radius 2 is 1.86 bits per heavy atom. The van der Waals surface area contributed by atoms with Gasteiger partial charge in [0.15, 0.2) is 0 Å². The number of piperidine rings is 1. The number of likely N-dealkylation sites (tertiary alicyclic amines) is 1. The van der Waals surface area contributed by atoms with Gasteiger partial charge < -0.3 is 9.80 Å². The molecule has 0 radical (unpaired) electrons. The molecule has 35 heavy (non-hydrogen) atoms. The van der Waals surface area contributed by atoms with Crippen LogP contribution in [-0.4, -0.2) is 52.6 Å². The second-order valence-electron chi connectivity index (χ2n) is 9.80. The molecule has 1 spiro atoms. The summed E-state index contributed by atoms with van der Waals surface area (Å²) in [6.07, 6.45) is 3.54. The quantitative estimate of drug-likeness (QED) is 0.698. The lowest BCUT2D eigenvalue weighted by Gasteiger charge is -2.54. The molecule has 8 heteroatoms. The van der Waals surface area contributed by atoms with E-state index in [2.05, 4.69) is 17.5 Å². The van der Waals surface area contributed by atoms with Crippen LogP contribution in [0.2, 0.25) is 0 Å². The Kier molecular flexibility index (Phi) is 4.65. The molecular weight excluding hydrogens is 444 g/mol. The highest BCUT2D eigenvalue weighted by Crippen LogP contribution is 2.50. The largest absolute Gasteiger partial charge is 0.337 e. The summed E-state index contributed by atoms with van der Waals surface area (Å²) < 4.78 is 0. The fraction of sp³-hybridized carbons (Fsp3) is 0.296. The first-order valence-electron chi connectivity index (χ1n) is 11.7. The van der Waals surface area contributed by atoms with Gasteiger partial charge in [-0.15, -0.1) is 0 Å². The van der Waals surface area contributed by atoms with Crippen LogP contribution in [0.5, 0.6) is 0 Å². The molecule has 2 saturated heterocycles. The van der Waals surface area contributed by atoms with E-state index in [1.165, 1.54) is 4.90 Å². The number of carbonyl (C=O) groups excluding carboxylic acids is 4. The van der Waals surface area contributed by atoms with E-state index in [4.69, 9.17) is 0 Å². The molecule has 3 heterocycles. The van der Waals surface area contributed by atoms with Crippen LogP contribution in [0.1, 0.15) is 56.7 Å². The van der Waals surface area contributed by atoms with Crippen molar-refractivity contribution in [3.8, 4) is 6.07 Å². The number of carbonyl (C=O) groups is 4. The Morgan fingerprint density at radius 1 is 1.09 bits per heavy atom. The second-order valence-corrected chi connectivity index (χ2v) is 9.80. The number of nitrogens with zero attached hydrogens (tertiary/aromatic N) is 3. The van der Waals surface area contributed by atoms with E-state index < -0.39 is 11.9 Å². The number of imide groups is 1. The highest BCUT2D eigenvalue weighted by Gasteiger charge is 2.49. The molecule has 0 bridgehead atoms. The maximum absolute atomic E-state index is 13.1. The number of fused-ring (bicyclic) bond motifs is 1. The molecular formula is C27H22N4O4. The van der Waals surface area contributed by atoms with E-state index in [-0.39, 0.29) is 36.1 Å². The van der Waals surface area contributed by atoms with Gasteiger partial charge >= 0.3 is 0 Å². The van der Waals surface area contributed by atoms with Crippen LogP contribution in [-0.2, 0) is 16.1 Å². The summed E-state index contributed by atoms with van der Waals surface area (Å²) in [6.45, 7) is 1.50. The van der Waals surface area contributed by atoms with Crippen molar-refractivity contribution in [3.63, 3.8) is 0 Å². The van der Waals surface area contributed by atoms with Crippen LogP contribution in [0.3, 0.4) is 0 Å². The standard InChI is InChI=1S/C27H22N4O4/c28-12-17-3-1-2-4-20(17)19-10-27(11-19)14-30(15-27)25(34)16-5-6-21-18(9-16)13-31(26(21)35)22-7-8-23(32)29-24(22)33/h1-6,9-10,22H,7-8,11,13-15H2,(H,29,32,33). The van der Waals surface area contributed by atoms with Gasteiger partial charge in [-0.1, -0.05) is 24.3 Å². The minimum Gasteiger partial charge on any atom is -0.337 e. The molecule has 8 nitrogen and oxygen atoms in total. The third kappa shape index (κ3) is 3.35. The van der Waals surface area contributed by atoms with Gasteiger partial charge in [-0.3, -0.25) is 24.5 Å². The first-order valence-corrected chi connectivity index (χ1v) is 11.7. The predicted octanol–water partition coefficient (Wildman–Crippen LogP) is 2.25. The smallest absolute Gasteiger partial charge is 0.255 e. The van der Waals surface area contributed by atoms with Gasteiger partial charge in [0, 0.05) is 42.6 Å². The van der Waals surface area contributed by atoms with E-state index in [0.29, 0.717) is 36.2 Å². The normalized spacial score (nSPS) is 22.1. The summed E-state index contributed by atoms with van der Waals surface area (Å²) in [5.41, 5.74) is 4.50. The lowest BCUT2D eigenvalue weighted by molar-refractivity contribution is -0.136. The zero-order valence-electron chi connectivity index (χ0n) is 18.9. The molecule has 1 N–H and O–H groups in total. The molecule has 1 unspecified atom stereocenters. The van der Waals surface area contributed by atoms with Crippen molar-refractivity contribution in [1.29, 1.82) is 5.26 Å². The highest BCUT2D eigenvalue weighted by molar-refractivity contribution is 6.06. The average molecular weight is 466 g/mol. The topological polar surface area (TPSA) is 111 Å². The SMILES string of the molecule is N#Cc1ccccc1C1=CC2(C1)CN(C(=O)c1ccc3c(c1)CN(C1CCC(=O)NC1=O)C3=O)C2. The number of nitriles is 1. The number of nitrogens with one attached hydrogen (secondary N) is 1. The lowest BCUT2D eigenvalue weighted by atomic mass is 9.63. The molecule has 1 atom stereocenters. The molecule has 4 aliphatic rings. The highest BCUT2D eigenvalue weighted by atomic mass is 16.2. The van der Waals surface area contributed by atoms with Crippen molar-refractivity contribution in [2.75, 3.05) is 13.1 Å². The van der Waals surface area contributed by atoms with Crippen LogP contribution >= 0.6 is 0 Å². The molecule has 2 aromatic carbocycles. The van der Waals surface area contributed by atoms with E-state index in [1.807, 2.05) is 24.3 Å². The van der Waals surface area contributed by atoms with Crippen molar-refractivity contribution in [1.82, 2.24) is 15.1 Å². The van der Waals surface area contributed by atoms with Crippen molar-refractivity contribution in [3.05, 3.63) is 76.4 Å². The number of amides is 4. The summed E-state index contributed by atoms with van der Waals surface area (Å²) in [7, 11) is 0. The molecule has 2 aromatic rings. The van der Waals surface area contributed by atoms with E-state index in [1.54, 1.807) is 23.1 Å². The van der Waals surface area contributed by atoms with Crippen LogP contribution in [0.25, 0.3) is 5.57 Å². The molecule has 1 aliphatic carbocycles. The summed E-state index contributed by atoms with van der Waals surface area (Å²) in [6, 6.07) is 14.2. The average Bonchev–Trinajstić information content (AvgIpc) is 3.13. The number of benzene rings is 2. The molecule has 4 amide bonds.